The molecule has 3 heterocycles. The molecule has 28 heavy (non-hydrogen) atoms. The number of carbonyl (C=O) groups excluding carboxylic acids is 1. The van der Waals surface area contributed by atoms with E-state index in [1.165, 1.54) is 11.1 Å². The Morgan fingerprint density at radius 3 is 2.64 bits per heavy atom. The Labute approximate surface area is 167 Å². The quantitative estimate of drug-likeness (QED) is 0.797. The highest BCUT2D eigenvalue weighted by Crippen LogP contribution is 2.19. The van der Waals surface area contributed by atoms with Crippen molar-refractivity contribution >= 4 is 5.91 Å². The molecule has 0 radical (unpaired) electrons. The van der Waals surface area contributed by atoms with E-state index in [0.29, 0.717) is 5.91 Å². The Morgan fingerprint density at radius 2 is 1.86 bits per heavy atom. The molecule has 0 atom stereocenters. The maximum Gasteiger partial charge on any atom is 0.225 e. The molecule has 2 aromatic rings. The minimum absolute atomic E-state index is 0.166. The Balaban J connectivity index is 1.31. The maximum absolute atomic E-state index is 12.8. The van der Waals surface area contributed by atoms with E-state index in [2.05, 4.69) is 39.2 Å². The van der Waals surface area contributed by atoms with Crippen molar-refractivity contribution in [3.63, 3.8) is 0 Å². The summed E-state index contributed by atoms with van der Waals surface area (Å²) in [6.07, 6.45) is 6.60. The second-order valence-corrected chi connectivity index (χ2v) is 7.87. The molecule has 1 aromatic carbocycles. The summed E-state index contributed by atoms with van der Waals surface area (Å²) in [5.41, 5.74) is 2.60. The number of hydrogen-bond donors (Lipinski definition) is 0. The van der Waals surface area contributed by atoms with Gasteiger partial charge < -0.3 is 9.64 Å². The summed E-state index contributed by atoms with van der Waals surface area (Å²) in [6, 6.07) is 10.7. The van der Waals surface area contributed by atoms with Crippen LogP contribution in [0.25, 0.3) is 0 Å². The first-order valence-electron chi connectivity index (χ1n) is 10.4. The molecule has 4 rings (SSSR count). The smallest absolute Gasteiger partial charge is 0.225 e. The van der Waals surface area contributed by atoms with E-state index in [1.807, 2.05) is 23.1 Å². The largest absolute Gasteiger partial charge is 0.381 e. The van der Waals surface area contributed by atoms with Crippen molar-refractivity contribution in [2.75, 3.05) is 39.4 Å². The Bertz CT molecular complexity index is 756. The van der Waals surface area contributed by atoms with Gasteiger partial charge in [0, 0.05) is 64.2 Å². The first kappa shape index (κ1) is 19.2. The molecule has 0 unspecified atom stereocenters. The predicted molar refractivity (Wildman–Crippen MR) is 108 cm³/mol. The van der Waals surface area contributed by atoms with E-state index in [1.54, 1.807) is 0 Å². The molecular formula is C22H30N4O2. The monoisotopic (exact) mass is 382 g/mol. The molecule has 150 valence electrons. The average molecular weight is 383 g/mol. The van der Waals surface area contributed by atoms with E-state index >= 15 is 0 Å². The van der Waals surface area contributed by atoms with Gasteiger partial charge in [0.25, 0.3) is 0 Å². The van der Waals surface area contributed by atoms with Crippen LogP contribution in [0.4, 0.5) is 0 Å². The van der Waals surface area contributed by atoms with Gasteiger partial charge in [0.2, 0.25) is 5.91 Å². The molecule has 1 aromatic heterocycles. The highest BCUT2D eigenvalue weighted by Gasteiger charge is 2.27. The average Bonchev–Trinajstić information content (AvgIpc) is 3.13. The van der Waals surface area contributed by atoms with Crippen molar-refractivity contribution in [1.82, 2.24) is 19.6 Å². The zero-order chi connectivity index (χ0) is 19.2. The van der Waals surface area contributed by atoms with Gasteiger partial charge >= 0.3 is 0 Å². The summed E-state index contributed by atoms with van der Waals surface area (Å²) in [4.78, 5) is 17.4. The van der Waals surface area contributed by atoms with Gasteiger partial charge in [0.1, 0.15) is 0 Å². The van der Waals surface area contributed by atoms with Crippen LogP contribution in [0.2, 0.25) is 0 Å². The van der Waals surface area contributed by atoms with Crippen molar-refractivity contribution < 1.29 is 9.53 Å². The van der Waals surface area contributed by atoms with Crippen LogP contribution in [0.15, 0.2) is 42.7 Å². The molecule has 6 heteroatoms. The SMILES string of the molecule is O=C(C1CCOCC1)N1CCCN(Cc2cccc(Cn3cccn3)c2)CC1. The molecule has 2 saturated heterocycles. The van der Waals surface area contributed by atoms with Crippen LogP contribution in [-0.2, 0) is 22.6 Å². The minimum Gasteiger partial charge on any atom is -0.381 e. The van der Waals surface area contributed by atoms with Crippen LogP contribution >= 0.6 is 0 Å². The standard InChI is InChI=1S/C22H30N4O2/c27-22(21-6-14-28-15-7-21)25-10-3-9-24(12-13-25)17-19-4-1-5-20(16-19)18-26-11-2-8-23-26/h1-2,4-5,8,11,16,21H,3,6-7,9-10,12-15,17-18H2. The fraction of sp³-hybridized carbons (Fsp3) is 0.545. The fourth-order valence-electron chi connectivity index (χ4n) is 4.22. The van der Waals surface area contributed by atoms with E-state index < -0.39 is 0 Å². The zero-order valence-electron chi connectivity index (χ0n) is 16.5. The molecule has 0 spiro atoms. The molecule has 1 amide bonds. The maximum atomic E-state index is 12.8. The minimum atomic E-state index is 0.166. The van der Waals surface area contributed by atoms with Crippen molar-refractivity contribution in [1.29, 1.82) is 0 Å². The van der Waals surface area contributed by atoms with Crippen molar-refractivity contribution in [2.45, 2.75) is 32.4 Å². The van der Waals surface area contributed by atoms with Gasteiger partial charge in [0.05, 0.1) is 6.54 Å². The van der Waals surface area contributed by atoms with Crippen LogP contribution in [0.3, 0.4) is 0 Å². The van der Waals surface area contributed by atoms with Gasteiger partial charge in [-0.1, -0.05) is 24.3 Å². The number of rotatable bonds is 5. The predicted octanol–water partition coefficient (Wildman–Crippen LogP) is 2.39. The van der Waals surface area contributed by atoms with Crippen molar-refractivity contribution in [3.05, 3.63) is 53.9 Å². The Kier molecular flexibility index (Phi) is 6.39. The number of amides is 1. The zero-order valence-corrected chi connectivity index (χ0v) is 16.5. The topological polar surface area (TPSA) is 50.6 Å². The lowest BCUT2D eigenvalue weighted by atomic mass is 9.98. The van der Waals surface area contributed by atoms with Gasteiger partial charge in [-0.25, -0.2) is 0 Å². The number of ether oxygens (including phenoxy) is 1. The van der Waals surface area contributed by atoms with Gasteiger partial charge in [-0.15, -0.1) is 0 Å². The third-order valence-electron chi connectivity index (χ3n) is 5.77. The molecule has 0 saturated carbocycles. The number of carbonyl (C=O) groups is 1. The third kappa shape index (κ3) is 5.00. The summed E-state index contributed by atoms with van der Waals surface area (Å²) in [7, 11) is 0. The molecule has 0 aliphatic carbocycles. The van der Waals surface area contributed by atoms with Gasteiger partial charge in [0.15, 0.2) is 0 Å². The summed E-state index contributed by atoms with van der Waals surface area (Å²) in [5.74, 6) is 0.505. The van der Waals surface area contributed by atoms with E-state index in [9.17, 15) is 4.79 Å². The number of nitrogens with zero attached hydrogens (tertiary/aromatic N) is 4. The normalized spacial score (nSPS) is 19.5. The van der Waals surface area contributed by atoms with Crippen molar-refractivity contribution in [2.24, 2.45) is 5.92 Å². The third-order valence-corrected chi connectivity index (χ3v) is 5.77. The fourth-order valence-corrected chi connectivity index (χ4v) is 4.22. The van der Waals surface area contributed by atoms with Gasteiger partial charge in [-0.2, -0.15) is 5.10 Å². The first-order chi connectivity index (χ1) is 13.8. The van der Waals surface area contributed by atoms with Gasteiger partial charge in [-0.05, 0) is 36.5 Å². The lowest BCUT2D eigenvalue weighted by Crippen LogP contribution is -2.40. The molecule has 0 N–H and O–H groups in total. The molecule has 2 fully saturated rings. The Morgan fingerprint density at radius 1 is 1.04 bits per heavy atom. The number of hydrogen-bond acceptors (Lipinski definition) is 4. The lowest BCUT2D eigenvalue weighted by Gasteiger charge is -2.28. The summed E-state index contributed by atoms with van der Waals surface area (Å²) in [5, 5.41) is 4.29. The second-order valence-electron chi connectivity index (χ2n) is 7.87. The number of aromatic nitrogens is 2. The molecule has 2 aliphatic heterocycles. The van der Waals surface area contributed by atoms with Crippen LogP contribution in [0.1, 0.15) is 30.4 Å². The second kappa shape index (κ2) is 9.34. The highest BCUT2D eigenvalue weighted by atomic mass is 16.5. The van der Waals surface area contributed by atoms with E-state index in [4.69, 9.17) is 4.74 Å². The number of benzene rings is 1. The highest BCUT2D eigenvalue weighted by molar-refractivity contribution is 5.79. The van der Waals surface area contributed by atoms with Crippen LogP contribution in [-0.4, -0.2) is 64.9 Å². The summed E-state index contributed by atoms with van der Waals surface area (Å²) in [6.45, 7) is 6.89. The first-order valence-corrected chi connectivity index (χ1v) is 10.4. The molecular weight excluding hydrogens is 352 g/mol. The summed E-state index contributed by atoms with van der Waals surface area (Å²) >= 11 is 0. The van der Waals surface area contributed by atoms with Gasteiger partial charge in [-0.3, -0.25) is 14.4 Å². The molecule has 0 bridgehead atoms. The Hall–Kier alpha value is -2.18. The van der Waals surface area contributed by atoms with E-state index in [0.717, 1.165) is 71.7 Å². The van der Waals surface area contributed by atoms with Crippen LogP contribution in [0.5, 0.6) is 0 Å². The van der Waals surface area contributed by atoms with Crippen molar-refractivity contribution in [3.8, 4) is 0 Å². The lowest BCUT2D eigenvalue weighted by molar-refractivity contribution is -0.138. The molecule has 6 nitrogen and oxygen atoms in total. The molecule has 2 aliphatic rings. The van der Waals surface area contributed by atoms with Crippen LogP contribution < -0.4 is 0 Å². The van der Waals surface area contributed by atoms with Crippen LogP contribution in [0, 0.1) is 5.92 Å². The van der Waals surface area contributed by atoms with E-state index in [-0.39, 0.29) is 5.92 Å². The summed E-state index contributed by atoms with van der Waals surface area (Å²) < 4.78 is 7.35.